The molecule has 1 aromatic carbocycles. The molecule has 2 saturated heterocycles. The zero-order chi connectivity index (χ0) is 19.3. The van der Waals surface area contributed by atoms with Crippen LogP contribution in [0.25, 0.3) is 0 Å². The Kier molecular flexibility index (Phi) is 6.76. The fraction of sp³-hybridized carbons (Fsp3) is 0.650. The molecule has 0 radical (unpaired) electrons. The second-order valence-electron chi connectivity index (χ2n) is 7.71. The lowest BCUT2D eigenvalue weighted by Crippen LogP contribution is -2.44. The molecule has 0 bridgehead atoms. The number of nitrogens with zero attached hydrogens (tertiary/aromatic N) is 1. The van der Waals surface area contributed by atoms with Crippen LogP contribution in [0.1, 0.15) is 43.2 Å². The number of benzene rings is 1. The third kappa shape index (κ3) is 6.21. The Labute approximate surface area is 158 Å². The first-order valence-corrected chi connectivity index (χ1v) is 9.79. The van der Waals surface area contributed by atoms with Gasteiger partial charge in [0.2, 0.25) is 5.91 Å². The van der Waals surface area contributed by atoms with Crippen molar-refractivity contribution < 1.29 is 18.0 Å². The van der Waals surface area contributed by atoms with Crippen molar-refractivity contribution in [2.75, 3.05) is 26.2 Å². The number of carbonyl (C=O) groups excluding carboxylic acids is 1. The van der Waals surface area contributed by atoms with Gasteiger partial charge in [0.25, 0.3) is 0 Å². The molecule has 1 amide bonds. The first-order chi connectivity index (χ1) is 12.9. The molecule has 1 unspecified atom stereocenters. The van der Waals surface area contributed by atoms with E-state index in [2.05, 4.69) is 15.5 Å². The molecule has 2 aliphatic heterocycles. The van der Waals surface area contributed by atoms with Gasteiger partial charge in [-0.25, -0.2) is 0 Å². The molecule has 2 heterocycles. The van der Waals surface area contributed by atoms with Crippen LogP contribution in [0.2, 0.25) is 0 Å². The summed E-state index contributed by atoms with van der Waals surface area (Å²) in [6.07, 6.45) is 0.0540. The molecule has 4 nitrogen and oxygen atoms in total. The van der Waals surface area contributed by atoms with Crippen molar-refractivity contribution in [3.05, 3.63) is 35.4 Å². The van der Waals surface area contributed by atoms with Crippen molar-refractivity contribution in [3.8, 4) is 0 Å². The quantitative estimate of drug-likeness (QED) is 0.793. The van der Waals surface area contributed by atoms with Crippen molar-refractivity contribution in [1.82, 2.24) is 15.5 Å². The Morgan fingerprint density at radius 3 is 2.67 bits per heavy atom. The van der Waals surface area contributed by atoms with E-state index in [4.69, 9.17) is 0 Å². The zero-order valence-corrected chi connectivity index (χ0v) is 15.5. The van der Waals surface area contributed by atoms with Crippen LogP contribution in [0.4, 0.5) is 13.2 Å². The van der Waals surface area contributed by atoms with Gasteiger partial charge in [-0.15, -0.1) is 0 Å². The lowest BCUT2D eigenvalue weighted by atomic mass is 10.0. The van der Waals surface area contributed by atoms with Gasteiger partial charge in [0, 0.05) is 32.1 Å². The summed E-state index contributed by atoms with van der Waals surface area (Å²) < 4.78 is 38.5. The van der Waals surface area contributed by atoms with Crippen molar-refractivity contribution in [3.63, 3.8) is 0 Å². The van der Waals surface area contributed by atoms with Crippen LogP contribution in [-0.4, -0.2) is 43.0 Å². The molecular formula is C20H28F3N3O. The van der Waals surface area contributed by atoms with Crippen molar-refractivity contribution in [1.29, 1.82) is 0 Å². The summed E-state index contributed by atoms with van der Waals surface area (Å²) in [5.74, 6) is 0.739. The Morgan fingerprint density at radius 2 is 2.00 bits per heavy atom. The van der Waals surface area contributed by atoms with Crippen LogP contribution in [0.5, 0.6) is 0 Å². The lowest BCUT2D eigenvalue weighted by Gasteiger charge is -2.32. The molecular weight excluding hydrogens is 355 g/mol. The van der Waals surface area contributed by atoms with Crippen LogP contribution in [-0.2, 0) is 17.5 Å². The summed E-state index contributed by atoms with van der Waals surface area (Å²) in [5.41, 5.74) is 0.0806. The molecule has 150 valence electrons. The summed E-state index contributed by atoms with van der Waals surface area (Å²) in [6.45, 7) is 4.15. The number of alkyl halides is 3. The smallest absolute Gasteiger partial charge is 0.353 e. The van der Waals surface area contributed by atoms with Gasteiger partial charge in [0.1, 0.15) is 0 Å². The highest BCUT2D eigenvalue weighted by atomic mass is 19.4. The van der Waals surface area contributed by atoms with Gasteiger partial charge in [0.05, 0.1) is 5.56 Å². The minimum absolute atomic E-state index is 0.123. The number of carbonyl (C=O) groups is 1. The van der Waals surface area contributed by atoms with Crippen molar-refractivity contribution >= 4 is 5.91 Å². The lowest BCUT2D eigenvalue weighted by molar-refractivity contribution is -0.137. The monoisotopic (exact) mass is 383 g/mol. The number of piperidine rings is 1. The largest absolute Gasteiger partial charge is 0.416 e. The molecule has 27 heavy (non-hydrogen) atoms. The first-order valence-electron chi connectivity index (χ1n) is 9.79. The van der Waals surface area contributed by atoms with Gasteiger partial charge in [-0.2, -0.15) is 13.2 Å². The predicted molar refractivity (Wildman–Crippen MR) is 98.1 cm³/mol. The maximum absolute atomic E-state index is 12.8. The van der Waals surface area contributed by atoms with E-state index in [9.17, 15) is 18.0 Å². The topological polar surface area (TPSA) is 44.4 Å². The van der Waals surface area contributed by atoms with Crippen molar-refractivity contribution in [2.45, 2.75) is 50.9 Å². The third-order valence-corrected chi connectivity index (χ3v) is 5.56. The number of hydrogen-bond donors (Lipinski definition) is 2. The fourth-order valence-corrected chi connectivity index (χ4v) is 3.94. The van der Waals surface area contributed by atoms with E-state index in [0.29, 0.717) is 24.4 Å². The molecule has 7 heteroatoms. The summed E-state index contributed by atoms with van der Waals surface area (Å²) in [7, 11) is 0. The van der Waals surface area contributed by atoms with E-state index in [-0.39, 0.29) is 11.9 Å². The zero-order valence-electron chi connectivity index (χ0n) is 15.5. The maximum Gasteiger partial charge on any atom is 0.416 e. The number of likely N-dealkylation sites (tertiary alicyclic amines) is 1. The summed E-state index contributed by atoms with van der Waals surface area (Å²) in [5, 5.41) is 6.44. The molecule has 2 aliphatic rings. The van der Waals surface area contributed by atoms with Gasteiger partial charge >= 0.3 is 6.18 Å². The average molecular weight is 383 g/mol. The van der Waals surface area contributed by atoms with Crippen LogP contribution in [0, 0.1) is 5.92 Å². The average Bonchev–Trinajstić information content (AvgIpc) is 3.15. The van der Waals surface area contributed by atoms with E-state index in [1.54, 1.807) is 6.07 Å². The highest BCUT2D eigenvalue weighted by Gasteiger charge is 2.30. The predicted octanol–water partition coefficient (Wildman–Crippen LogP) is 3.18. The second kappa shape index (κ2) is 9.06. The maximum atomic E-state index is 12.8. The summed E-state index contributed by atoms with van der Waals surface area (Å²) >= 11 is 0. The Bertz CT molecular complexity index is 621. The SMILES string of the molecule is O=C(CCC1CCNC1)NC1CCN(Cc2cccc(C(F)(F)F)c2)CC1. The normalized spacial score (nSPS) is 22.1. The number of amides is 1. The van der Waals surface area contributed by atoms with E-state index in [1.807, 2.05) is 0 Å². The molecule has 0 saturated carbocycles. The molecule has 3 rings (SSSR count). The van der Waals surface area contributed by atoms with Gasteiger partial charge in [-0.05, 0) is 56.3 Å². The van der Waals surface area contributed by atoms with E-state index in [0.717, 1.165) is 57.9 Å². The Balaban J connectivity index is 1.39. The van der Waals surface area contributed by atoms with Crippen LogP contribution in [0.15, 0.2) is 24.3 Å². The fourth-order valence-electron chi connectivity index (χ4n) is 3.94. The summed E-state index contributed by atoms with van der Waals surface area (Å²) in [6, 6.07) is 5.71. The molecule has 0 aliphatic carbocycles. The molecule has 0 aromatic heterocycles. The van der Waals surface area contributed by atoms with E-state index < -0.39 is 11.7 Å². The van der Waals surface area contributed by atoms with E-state index in [1.165, 1.54) is 12.1 Å². The van der Waals surface area contributed by atoms with Crippen molar-refractivity contribution in [2.24, 2.45) is 5.92 Å². The third-order valence-electron chi connectivity index (χ3n) is 5.56. The first kappa shape index (κ1) is 20.1. The van der Waals surface area contributed by atoms with Gasteiger partial charge in [0.15, 0.2) is 0 Å². The van der Waals surface area contributed by atoms with Crippen LogP contribution in [0.3, 0.4) is 0 Å². The Morgan fingerprint density at radius 1 is 1.22 bits per heavy atom. The number of rotatable bonds is 6. The minimum Gasteiger partial charge on any atom is -0.353 e. The Hall–Kier alpha value is -1.60. The molecule has 2 N–H and O–H groups in total. The molecule has 1 atom stereocenters. The van der Waals surface area contributed by atoms with Crippen LogP contribution < -0.4 is 10.6 Å². The number of nitrogens with one attached hydrogen (secondary N) is 2. The van der Waals surface area contributed by atoms with Gasteiger partial charge in [-0.1, -0.05) is 18.2 Å². The highest BCUT2D eigenvalue weighted by Crippen LogP contribution is 2.30. The van der Waals surface area contributed by atoms with Crippen LogP contribution >= 0.6 is 0 Å². The number of hydrogen-bond acceptors (Lipinski definition) is 3. The van der Waals surface area contributed by atoms with Gasteiger partial charge < -0.3 is 10.6 Å². The standard InChI is InChI=1S/C20H28F3N3O/c21-20(22,23)17-3-1-2-16(12-17)14-26-10-7-18(8-11-26)25-19(27)5-4-15-6-9-24-13-15/h1-3,12,15,18,24H,4-11,13-14H2,(H,25,27). The second-order valence-corrected chi connectivity index (χ2v) is 7.71. The van der Waals surface area contributed by atoms with E-state index >= 15 is 0 Å². The molecule has 1 aromatic rings. The molecule has 0 spiro atoms. The van der Waals surface area contributed by atoms with Gasteiger partial charge in [-0.3, -0.25) is 9.69 Å². The molecule has 2 fully saturated rings. The minimum atomic E-state index is -4.30. The highest BCUT2D eigenvalue weighted by molar-refractivity contribution is 5.76. The number of halogens is 3. The summed E-state index contributed by atoms with van der Waals surface area (Å²) in [4.78, 5) is 14.3.